The van der Waals surface area contributed by atoms with E-state index < -0.39 is 0 Å². The Labute approximate surface area is 209 Å². The van der Waals surface area contributed by atoms with Crippen molar-refractivity contribution in [3.63, 3.8) is 0 Å². The van der Waals surface area contributed by atoms with Gasteiger partial charge in [-0.2, -0.15) is 5.26 Å². The molecule has 35 heavy (non-hydrogen) atoms. The first-order valence-corrected chi connectivity index (χ1v) is 13.1. The number of nitrogens with zero attached hydrogens (tertiary/aromatic N) is 2. The summed E-state index contributed by atoms with van der Waals surface area (Å²) in [5.41, 5.74) is 2.47. The molecular weight excluding hydrogens is 464 g/mol. The Morgan fingerprint density at radius 3 is 2.69 bits per heavy atom. The lowest BCUT2D eigenvalue weighted by Gasteiger charge is -2.34. The summed E-state index contributed by atoms with van der Waals surface area (Å²) >= 11 is 1.56. The molecule has 1 aromatic carbocycles. The molecule has 2 amide bonds. The van der Waals surface area contributed by atoms with Crippen LogP contribution in [0.5, 0.6) is 11.5 Å². The van der Waals surface area contributed by atoms with E-state index in [1.165, 1.54) is 11.3 Å². The number of anilines is 2. The number of hydrogen-bond donors (Lipinski definition) is 2. The molecule has 9 heteroatoms. The van der Waals surface area contributed by atoms with Crippen molar-refractivity contribution in [2.45, 2.75) is 57.9 Å². The second-order valence-electron chi connectivity index (χ2n) is 9.41. The predicted octanol–water partition coefficient (Wildman–Crippen LogP) is 4.30. The van der Waals surface area contributed by atoms with Gasteiger partial charge in [-0.3, -0.25) is 14.5 Å². The highest BCUT2D eigenvalue weighted by Gasteiger charge is 2.31. The number of benzene rings is 1. The summed E-state index contributed by atoms with van der Waals surface area (Å²) in [6.07, 6.45) is 6.70. The summed E-state index contributed by atoms with van der Waals surface area (Å²) in [5.74, 6) is 1.11. The molecule has 0 saturated carbocycles. The van der Waals surface area contributed by atoms with Crippen LogP contribution in [0.15, 0.2) is 18.2 Å². The van der Waals surface area contributed by atoms with E-state index in [4.69, 9.17) is 9.47 Å². The first-order valence-electron chi connectivity index (χ1n) is 12.3. The molecule has 3 aliphatic rings. The molecule has 184 valence electrons. The van der Waals surface area contributed by atoms with Gasteiger partial charge >= 0.3 is 0 Å². The van der Waals surface area contributed by atoms with Crippen LogP contribution in [0, 0.1) is 17.2 Å². The molecule has 2 aliphatic heterocycles. The number of nitriles is 1. The summed E-state index contributed by atoms with van der Waals surface area (Å²) in [7, 11) is 0. The quantitative estimate of drug-likeness (QED) is 0.601. The SMILES string of the molecule is C[C@@H](C(=O)Nc1sc2c(c1C#N)CCCCC2)N1CCC(C(=O)Nc2ccc3c(c2)OCO3)CC1. The molecule has 2 aromatic rings. The molecular formula is C26H30N4O4S. The van der Waals surface area contributed by atoms with Gasteiger partial charge in [0.05, 0.1) is 11.6 Å². The number of thiophene rings is 1. The molecule has 1 atom stereocenters. The van der Waals surface area contributed by atoms with E-state index in [9.17, 15) is 14.9 Å². The second kappa shape index (κ2) is 10.3. The van der Waals surface area contributed by atoms with Crippen LogP contribution in [-0.4, -0.2) is 42.6 Å². The molecule has 3 heterocycles. The van der Waals surface area contributed by atoms with Gasteiger partial charge in [0.25, 0.3) is 0 Å². The number of ether oxygens (including phenoxy) is 2. The summed E-state index contributed by atoms with van der Waals surface area (Å²) < 4.78 is 10.7. The fourth-order valence-electron chi connectivity index (χ4n) is 5.10. The van der Waals surface area contributed by atoms with E-state index >= 15 is 0 Å². The van der Waals surface area contributed by atoms with Crippen LogP contribution >= 0.6 is 11.3 Å². The lowest BCUT2D eigenvalue weighted by atomic mass is 9.94. The molecule has 0 spiro atoms. The van der Waals surface area contributed by atoms with E-state index in [0.29, 0.717) is 53.7 Å². The number of hydrogen-bond acceptors (Lipinski definition) is 7. The van der Waals surface area contributed by atoms with Crippen LogP contribution < -0.4 is 20.1 Å². The Bertz CT molecular complexity index is 1160. The van der Waals surface area contributed by atoms with Crippen LogP contribution in [0.3, 0.4) is 0 Å². The number of rotatable bonds is 5. The number of fused-ring (bicyclic) bond motifs is 2. The van der Waals surface area contributed by atoms with Crippen LogP contribution in [0.2, 0.25) is 0 Å². The highest BCUT2D eigenvalue weighted by Crippen LogP contribution is 2.37. The fraction of sp³-hybridized carbons (Fsp3) is 0.500. The molecule has 5 rings (SSSR count). The molecule has 1 aliphatic carbocycles. The third kappa shape index (κ3) is 5.00. The maximum absolute atomic E-state index is 13.1. The molecule has 0 unspecified atom stereocenters. The number of amides is 2. The first-order chi connectivity index (χ1) is 17.0. The maximum atomic E-state index is 13.1. The largest absolute Gasteiger partial charge is 0.454 e. The van der Waals surface area contributed by atoms with Crippen LogP contribution in [-0.2, 0) is 22.4 Å². The van der Waals surface area contributed by atoms with Crippen LogP contribution in [0.4, 0.5) is 10.7 Å². The van der Waals surface area contributed by atoms with Crippen molar-refractivity contribution in [3.8, 4) is 17.6 Å². The van der Waals surface area contributed by atoms with Crippen molar-refractivity contribution in [2.24, 2.45) is 5.92 Å². The minimum atomic E-state index is -0.332. The fourth-order valence-corrected chi connectivity index (χ4v) is 6.34. The zero-order valence-corrected chi connectivity index (χ0v) is 20.7. The van der Waals surface area contributed by atoms with E-state index in [-0.39, 0.29) is 30.6 Å². The minimum Gasteiger partial charge on any atom is -0.454 e. The molecule has 1 aromatic heterocycles. The average molecular weight is 495 g/mol. The number of nitrogens with one attached hydrogen (secondary N) is 2. The first kappa shape index (κ1) is 23.6. The molecule has 1 saturated heterocycles. The van der Waals surface area contributed by atoms with Crippen molar-refractivity contribution in [1.82, 2.24) is 4.90 Å². The third-order valence-corrected chi connectivity index (χ3v) is 8.44. The maximum Gasteiger partial charge on any atom is 0.242 e. The molecule has 0 radical (unpaired) electrons. The van der Waals surface area contributed by atoms with E-state index in [1.54, 1.807) is 23.5 Å². The van der Waals surface area contributed by atoms with Crippen LogP contribution in [0.1, 0.15) is 55.0 Å². The lowest BCUT2D eigenvalue weighted by Crippen LogP contribution is -2.47. The van der Waals surface area contributed by atoms with Gasteiger partial charge in [0, 0.05) is 22.5 Å². The number of piperidine rings is 1. The normalized spacial score (nSPS) is 18.7. The smallest absolute Gasteiger partial charge is 0.242 e. The van der Waals surface area contributed by atoms with Gasteiger partial charge in [-0.15, -0.1) is 11.3 Å². The Hall–Kier alpha value is -3.09. The summed E-state index contributed by atoms with van der Waals surface area (Å²) in [6, 6.07) is 7.39. The monoisotopic (exact) mass is 494 g/mol. The van der Waals surface area contributed by atoms with Gasteiger partial charge in [0.2, 0.25) is 18.6 Å². The highest BCUT2D eigenvalue weighted by molar-refractivity contribution is 7.16. The second-order valence-corrected chi connectivity index (χ2v) is 10.5. The highest BCUT2D eigenvalue weighted by atomic mass is 32.1. The van der Waals surface area contributed by atoms with E-state index in [1.807, 2.05) is 13.0 Å². The van der Waals surface area contributed by atoms with Gasteiger partial charge in [0.15, 0.2) is 11.5 Å². The standard InChI is InChI=1S/C26H30N4O4S/c1-16(24(31)29-26-20(14-27)19-5-3-2-4-6-23(19)35-26)30-11-9-17(10-12-30)25(32)28-18-7-8-21-22(13-18)34-15-33-21/h7-8,13,16-17H,2-6,9-12,15H2,1H3,(H,28,32)(H,29,31)/t16-/m0/s1. The predicted molar refractivity (Wildman–Crippen MR) is 134 cm³/mol. The third-order valence-electron chi connectivity index (χ3n) is 7.24. The van der Waals surface area contributed by atoms with Crippen molar-refractivity contribution in [3.05, 3.63) is 34.2 Å². The van der Waals surface area contributed by atoms with Gasteiger partial charge in [0.1, 0.15) is 11.1 Å². The molecule has 0 bridgehead atoms. The number of likely N-dealkylation sites (tertiary alicyclic amines) is 1. The minimum absolute atomic E-state index is 0.0145. The Kier molecular flexibility index (Phi) is 6.93. The van der Waals surface area contributed by atoms with Crippen molar-refractivity contribution in [1.29, 1.82) is 5.26 Å². The molecule has 1 fully saturated rings. The van der Waals surface area contributed by atoms with E-state index in [0.717, 1.165) is 31.2 Å². The Morgan fingerprint density at radius 2 is 1.89 bits per heavy atom. The lowest BCUT2D eigenvalue weighted by molar-refractivity contribution is -0.123. The van der Waals surface area contributed by atoms with Gasteiger partial charge in [-0.25, -0.2) is 0 Å². The van der Waals surface area contributed by atoms with Gasteiger partial charge in [-0.05, 0) is 76.2 Å². The molecule has 2 N–H and O–H groups in total. The summed E-state index contributed by atoms with van der Waals surface area (Å²) in [4.78, 5) is 29.2. The van der Waals surface area contributed by atoms with Crippen molar-refractivity contribution >= 4 is 33.8 Å². The Morgan fingerprint density at radius 1 is 1.11 bits per heavy atom. The zero-order valence-electron chi connectivity index (χ0n) is 19.9. The van der Waals surface area contributed by atoms with Crippen molar-refractivity contribution < 1.29 is 19.1 Å². The Balaban J connectivity index is 1.15. The topological polar surface area (TPSA) is 104 Å². The number of carbonyl (C=O) groups is 2. The molecule has 8 nitrogen and oxygen atoms in total. The summed E-state index contributed by atoms with van der Waals surface area (Å²) in [6.45, 7) is 3.43. The van der Waals surface area contributed by atoms with Crippen molar-refractivity contribution in [2.75, 3.05) is 30.5 Å². The summed E-state index contributed by atoms with van der Waals surface area (Å²) in [5, 5.41) is 16.4. The van der Waals surface area contributed by atoms with Gasteiger partial charge in [-0.1, -0.05) is 6.42 Å². The zero-order chi connectivity index (χ0) is 24.4. The number of aryl methyl sites for hydroxylation is 1. The van der Waals surface area contributed by atoms with E-state index in [2.05, 4.69) is 21.6 Å². The van der Waals surface area contributed by atoms with Gasteiger partial charge < -0.3 is 20.1 Å². The van der Waals surface area contributed by atoms with Crippen LogP contribution in [0.25, 0.3) is 0 Å². The number of carbonyl (C=O) groups excluding carboxylic acids is 2. The average Bonchev–Trinajstić information content (AvgIpc) is 3.39.